The summed E-state index contributed by atoms with van der Waals surface area (Å²) in [5, 5.41) is 18.5. The van der Waals surface area contributed by atoms with Crippen LogP contribution in [0.25, 0.3) is 5.57 Å². The predicted molar refractivity (Wildman–Crippen MR) is 133 cm³/mol. The SMILES string of the molecule is CC(C)C(=O)NCCOc1ccc(NC(=O)C=C2CC(C(=O)O)Nc3cc(Cl)cc(Cl)c32)cc1. The van der Waals surface area contributed by atoms with Crippen LogP contribution in [0.15, 0.2) is 42.5 Å². The van der Waals surface area contributed by atoms with Gasteiger partial charge in [-0.25, -0.2) is 4.79 Å². The lowest BCUT2D eigenvalue weighted by molar-refractivity contribution is -0.137. The predicted octanol–water partition coefficient (Wildman–Crippen LogP) is 4.44. The number of ether oxygens (including phenoxy) is 1. The number of hydrogen-bond donors (Lipinski definition) is 4. The molecule has 8 nitrogen and oxygen atoms in total. The van der Waals surface area contributed by atoms with E-state index >= 15 is 0 Å². The fourth-order valence-corrected chi connectivity index (χ4v) is 3.99. The lowest BCUT2D eigenvalue weighted by atomic mass is 9.92. The van der Waals surface area contributed by atoms with Gasteiger partial charge in [0.1, 0.15) is 18.4 Å². The molecule has 1 unspecified atom stereocenters. The first-order valence-corrected chi connectivity index (χ1v) is 11.4. The standard InChI is InChI=1S/C24H25Cl2N3O5/c1-13(2)23(31)27-7-8-34-17-5-3-16(4-6-17)28-21(30)10-14-9-20(24(32)33)29-19-12-15(25)11-18(26)22(14)19/h3-6,10-13,20,29H,7-9H2,1-2H3,(H,27,31)(H,28,30)(H,32,33). The van der Waals surface area contributed by atoms with Gasteiger partial charge in [0.05, 0.1) is 11.6 Å². The van der Waals surface area contributed by atoms with E-state index in [-0.39, 0.29) is 18.2 Å². The van der Waals surface area contributed by atoms with Crippen molar-refractivity contribution in [3.8, 4) is 5.75 Å². The average molecular weight is 506 g/mol. The minimum absolute atomic E-state index is 0.0359. The smallest absolute Gasteiger partial charge is 0.326 e. The first-order chi connectivity index (χ1) is 16.1. The summed E-state index contributed by atoms with van der Waals surface area (Å²) in [4.78, 5) is 35.8. The van der Waals surface area contributed by atoms with Crippen LogP contribution in [0, 0.1) is 5.92 Å². The third kappa shape index (κ3) is 6.65. The Morgan fingerprint density at radius 2 is 1.91 bits per heavy atom. The van der Waals surface area contributed by atoms with Crippen molar-refractivity contribution in [2.75, 3.05) is 23.8 Å². The second kappa shape index (κ2) is 11.3. The molecular formula is C24H25Cl2N3O5. The molecule has 1 heterocycles. The molecule has 4 N–H and O–H groups in total. The number of carboxylic acids is 1. The second-order valence-corrected chi connectivity index (χ2v) is 8.87. The van der Waals surface area contributed by atoms with Crippen LogP contribution in [0.5, 0.6) is 5.75 Å². The lowest BCUT2D eigenvalue weighted by Crippen LogP contribution is -2.33. The number of amides is 2. The Labute approximate surface area is 207 Å². The number of anilines is 2. The maximum atomic E-state index is 12.7. The molecule has 0 spiro atoms. The molecule has 2 aromatic carbocycles. The molecule has 0 fully saturated rings. The van der Waals surface area contributed by atoms with Gasteiger partial charge in [0.25, 0.3) is 0 Å². The second-order valence-electron chi connectivity index (χ2n) is 8.03. The summed E-state index contributed by atoms with van der Waals surface area (Å²) in [5.74, 6) is -1.00. The molecule has 0 saturated heterocycles. The molecular weight excluding hydrogens is 481 g/mol. The summed E-state index contributed by atoms with van der Waals surface area (Å²) in [6.07, 6.45) is 1.43. The number of aliphatic carboxylic acids is 1. The number of nitrogens with one attached hydrogen (secondary N) is 3. The highest BCUT2D eigenvalue weighted by molar-refractivity contribution is 6.36. The fraction of sp³-hybridized carbons (Fsp3) is 0.292. The topological polar surface area (TPSA) is 117 Å². The van der Waals surface area contributed by atoms with Crippen LogP contribution < -0.4 is 20.7 Å². The van der Waals surface area contributed by atoms with Gasteiger partial charge < -0.3 is 25.8 Å². The van der Waals surface area contributed by atoms with Crippen molar-refractivity contribution < 1.29 is 24.2 Å². The minimum Gasteiger partial charge on any atom is -0.492 e. The van der Waals surface area contributed by atoms with E-state index in [4.69, 9.17) is 27.9 Å². The zero-order chi connectivity index (χ0) is 24.8. The van der Waals surface area contributed by atoms with Gasteiger partial charge in [-0.2, -0.15) is 0 Å². The van der Waals surface area contributed by atoms with Crippen LogP contribution in [-0.2, 0) is 14.4 Å². The van der Waals surface area contributed by atoms with Crippen molar-refractivity contribution in [2.45, 2.75) is 26.3 Å². The quantitative estimate of drug-likeness (QED) is 0.311. The van der Waals surface area contributed by atoms with E-state index in [1.54, 1.807) is 36.4 Å². The molecule has 10 heteroatoms. The highest BCUT2D eigenvalue weighted by Gasteiger charge is 2.29. The number of carbonyl (C=O) groups excluding carboxylic acids is 2. The summed E-state index contributed by atoms with van der Waals surface area (Å²) in [7, 11) is 0. The van der Waals surface area contributed by atoms with E-state index in [0.717, 1.165) is 0 Å². The summed E-state index contributed by atoms with van der Waals surface area (Å²) in [6.45, 7) is 4.35. The molecule has 3 rings (SSSR count). The van der Waals surface area contributed by atoms with Crippen molar-refractivity contribution in [1.82, 2.24) is 5.32 Å². The molecule has 1 atom stereocenters. The Hall–Kier alpha value is -3.23. The van der Waals surface area contributed by atoms with E-state index in [9.17, 15) is 19.5 Å². The van der Waals surface area contributed by atoms with Gasteiger partial charge in [-0.15, -0.1) is 0 Å². The van der Waals surface area contributed by atoms with Gasteiger partial charge in [-0.3, -0.25) is 9.59 Å². The average Bonchev–Trinajstić information content (AvgIpc) is 2.76. The molecule has 0 radical (unpaired) electrons. The normalized spacial score (nSPS) is 15.9. The van der Waals surface area contributed by atoms with Crippen LogP contribution in [0.3, 0.4) is 0 Å². The highest BCUT2D eigenvalue weighted by Crippen LogP contribution is 2.40. The maximum Gasteiger partial charge on any atom is 0.326 e. The van der Waals surface area contributed by atoms with Crippen LogP contribution in [0.4, 0.5) is 11.4 Å². The minimum atomic E-state index is -1.05. The van der Waals surface area contributed by atoms with Crippen LogP contribution in [0.2, 0.25) is 10.0 Å². The lowest BCUT2D eigenvalue weighted by Gasteiger charge is -2.27. The molecule has 0 bridgehead atoms. The highest BCUT2D eigenvalue weighted by atomic mass is 35.5. The number of benzene rings is 2. The van der Waals surface area contributed by atoms with Gasteiger partial charge in [0.2, 0.25) is 11.8 Å². The zero-order valence-corrected chi connectivity index (χ0v) is 20.2. The van der Waals surface area contributed by atoms with E-state index in [2.05, 4.69) is 16.0 Å². The molecule has 1 aliphatic heterocycles. The fourth-order valence-electron chi connectivity index (χ4n) is 3.37. The summed E-state index contributed by atoms with van der Waals surface area (Å²) >= 11 is 12.4. The number of carbonyl (C=O) groups is 3. The molecule has 0 aromatic heterocycles. The molecule has 2 amide bonds. The number of halogens is 2. The zero-order valence-electron chi connectivity index (χ0n) is 18.7. The van der Waals surface area contributed by atoms with Crippen LogP contribution in [-0.4, -0.2) is 42.1 Å². The first-order valence-electron chi connectivity index (χ1n) is 10.6. The van der Waals surface area contributed by atoms with E-state index in [1.807, 2.05) is 13.8 Å². The number of hydrogen-bond acceptors (Lipinski definition) is 5. The first kappa shape index (κ1) is 25.4. The Kier molecular flexibility index (Phi) is 8.41. The third-order valence-corrected chi connectivity index (χ3v) is 5.57. The Bertz CT molecular complexity index is 1120. The van der Waals surface area contributed by atoms with Gasteiger partial charge in [0.15, 0.2) is 0 Å². The van der Waals surface area contributed by atoms with Crippen LogP contribution >= 0.6 is 23.2 Å². The molecule has 34 heavy (non-hydrogen) atoms. The van der Waals surface area contributed by atoms with Crippen molar-refractivity contribution >= 4 is 57.9 Å². The van der Waals surface area contributed by atoms with Crippen molar-refractivity contribution in [1.29, 1.82) is 0 Å². The molecule has 0 aliphatic carbocycles. The van der Waals surface area contributed by atoms with Crippen molar-refractivity contribution in [3.05, 3.63) is 58.1 Å². The Morgan fingerprint density at radius 1 is 1.21 bits per heavy atom. The van der Waals surface area contributed by atoms with Gasteiger partial charge >= 0.3 is 5.97 Å². The third-order valence-electron chi connectivity index (χ3n) is 5.05. The summed E-state index contributed by atoms with van der Waals surface area (Å²) < 4.78 is 5.59. The molecule has 2 aromatic rings. The molecule has 180 valence electrons. The summed E-state index contributed by atoms with van der Waals surface area (Å²) in [5.41, 5.74) is 2.03. The molecule has 0 saturated carbocycles. The Morgan fingerprint density at radius 3 is 2.56 bits per heavy atom. The van der Waals surface area contributed by atoms with Crippen molar-refractivity contribution in [2.24, 2.45) is 5.92 Å². The van der Waals surface area contributed by atoms with E-state index in [1.165, 1.54) is 6.08 Å². The Balaban J connectivity index is 1.65. The largest absolute Gasteiger partial charge is 0.492 e. The number of fused-ring (bicyclic) bond motifs is 1. The summed E-state index contributed by atoms with van der Waals surface area (Å²) in [6, 6.07) is 8.98. The van der Waals surface area contributed by atoms with Crippen molar-refractivity contribution in [3.63, 3.8) is 0 Å². The number of carboxylic acid groups (broad SMARTS) is 1. The maximum absolute atomic E-state index is 12.7. The van der Waals surface area contributed by atoms with Gasteiger partial charge in [-0.05, 0) is 42.0 Å². The van der Waals surface area contributed by atoms with E-state index in [0.29, 0.717) is 51.5 Å². The van der Waals surface area contributed by atoms with Crippen LogP contribution in [0.1, 0.15) is 25.8 Å². The van der Waals surface area contributed by atoms with Gasteiger partial charge in [-0.1, -0.05) is 37.0 Å². The number of rotatable bonds is 8. The molecule has 1 aliphatic rings. The van der Waals surface area contributed by atoms with Gasteiger partial charge in [0, 0.05) is 40.4 Å². The van der Waals surface area contributed by atoms with E-state index < -0.39 is 17.9 Å². The monoisotopic (exact) mass is 505 g/mol.